The quantitative estimate of drug-likeness (QED) is 0.725. The molecule has 1 saturated heterocycles. The average Bonchev–Trinajstić information content (AvgIpc) is 3.19. The zero-order chi connectivity index (χ0) is 17.3. The van der Waals surface area contributed by atoms with Crippen molar-refractivity contribution < 1.29 is 22.3 Å². The Morgan fingerprint density at radius 2 is 2.04 bits per heavy atom. The largest absolute Gasteiger partial charge is 0.486 e. The van der Waals surface area contributed by atoms with E-state index in [9.17, 15) is 8.42 Å². The maximum atomic E-state index is 11.5. The minimum absolute atomic E-state index is 0.0786. The van der Waals surface area contributed by atoms with Crippen LogP contribution >= 0.6 is 11.8 Å². The second-order valence-electron chi connectivity index (χ2n) is 6.24. The van der Waals surface area contributed by atoms with Crippen molar-refractivity contribution in [2.75, 3.05) is 23.9 Å². The molecular formula is C16H18N2O5S2. The van der Waals surface area contributed by atoms with Gasteiger partial charge in [-0.25, -0.2) is 8.42 Å². The summed E-state index contributed by atoms with van der Waals surface area (Å²) >= 11 is 1.42. The molecule has 2 aliphatic heterocycles. The van der Waals surface area contributed by atoms with E-state index in [0.717, 1.165) is 11.5 Å². The lowest BCUT2D eigenvalue weighted by atomic mass is 10.1. The number of benzene rings is 1. The van der Waals surface area contributed by atoms with Gasteiger partial charge in [-0.05, 0) is 24.5 Å². The summed E-state index contributed by atoms with van der Waals surface area (Å²) in [6, 6.07) is 7.58. The number of rotatable bonds is 5. The Bertz CT molecular complexity index is 852. The summed E-state index contributed by atoms with van der Waals surface area (Å²) in [5.74, 6) is 3.18. The lowest BCUT2D eigenvalue weighted by molar-refractivity contribution is 0.107. The molecule has 0 aliphatic carbocycles. The Labute approximate surface area is 150 Å². The molecule has 2 aliphatic rings. The topological polar surface area (TPSA) is 91.5 Å². The van der Waals surface area contributed by atoms with E-state index >= 15 is 0 Å². The van der Waals surface area contributed by atoms with Crippen molar-refractivity contribution in [3.8, 4) is 11.5 Å². The molecule has 0 saturated carbocycles. The molecule has 7 nitrogen and oxygen atoms in total. The smallest absolute Gasteiger partial charge is 0.276 e. The van der Waals surface area contributed by atoms with Crippen LogP contribution < -0.4 is 9.47 Å². The van der Waals surface area contributed by atoms with Crippen LogP contribution in [-0.4, -0.2) is 48.6 Å². The minimum atomic E-state index is -2.88. The van der Waals surface area contributed by atoms with Gasteiger partial charge in [0.2, 0.25) is 5.89 Å². The monoisotopic (exact) mass is 382 g/mol. The molecule has 0 spiro atoms. The molecular weight excluding hydrogens is 364 g/mol. The van der Waals surface area contributed by atoms with Crippen molar-refractivity contribution in [1.82, 2.24) is 10.2 Å². The fourth-order valence-corrected chi connectivity index (χ4v) is 5.58. The highest BCUT2D eigenvalue weighted by molar-refractivity contribution is 7.99. The van der Waals surface area contributed by atoms with E-state index in [2.05, 4.69) is 10.2 Å². The second-order valence-corrected chi connectivity index (χ2v) is 9.44. The zero-order valence-corrected chi connectivity index (χ0v) is 15.1. The molecule has 1 aromatic carbocycles. The minimum Gasteiger partial charge on any atom is -0.486 e. The molecule has 0 N–H and O–H groups in total. The summed E-state index contributed by atoms with van der Waals surface area (Å²) in [5.41, 5.74) is 0. The van der Waals surface area contributed by atoms with Crippen LogP contribution in [0.1, 0.15) is 12.3 Å². The van der Waals surface area contributed by atoms with E-state index in [1.54, 1.807) is 0 Å². The lowest BCUT2D eigenvalue weighted by Crippen LogP contribution is -2.31. The maximum absolute atomic E-state index is 11.5. The fourth-order valence-electron chi connectivity index (χ4n) is 2.97. The Balaban J connectivity index is 1.29. The number of thioether (sulfide) groups is 1. The third kappa shape index (κ3) is 4.09. The standard InChI is InChI=1S/C16H18N2O5S2/c19-25(20)6-5-11(10-25)7-15-17-18-16(23-15)24-9-12-8-21-13-3-1-2-4-14(13)22-12/h1-4,11-12H,5-10H2. The average molecular weight is 382 g/mol. The molecule has 1 aromatic heterocycles. The fraction of sp³-hybridized carbons (Fsp3) is 0.500. The van der Waals surface area contributed by atoms with Gasteiger partial charge in [-0.2, -0.15) is 0 Å². The Hall–Kier alpha value is -1.74. The van der Waals surface area contributed by atoms with E-state index in [4.69, 9.17) is 13.9 Å². The summed E-state index contributed by atoms with van der Waals surface area (Å²) in [4.78, 5) is 0. The highest BCUT2D eigenvalue weighted by atomic mass is 32.2. The van der Waals surface area contributed by atoms with Crippen LogP contribution in [0.5, 0.6) is 11.5 Å². The summed E-state index contributed by atoms with van der Waals surface area (Å²) in [5, 5.41) is 8.52. The van der Waals surface area contributed by atoms with E-state index in [0.29, 0.717) is 36.3 Å². The molecule has 9 heteroatoms. The molecule has 0 amide bonds. The molecule has 3 heterocycles. The molecule has 2 unspecified atom stereocenters. The second kappa shape index (κ2) is 6.87. The first-order valence-corrected chi connectivity index (χ1v) is 10.9. The van der Waals surface area contributed by atoms with E-state index in [1.807, 2.05) is 24.3 Å². The van der Waals surface area contributed by atoms with E-state index < -0.39 is 9.84 Å². The van der Waals surface area contributed by atoms with Crippen LogP contribution in [0, 0.1) is 5.92 Å². The van der Waals surface area contributed by atoms with Gasteiger partial charge in [0.05, 0.1) is 11.5 Å². The Morgan fingerprint density at radius 3 is 2.84 bits per heavy atom. The zero-order valence-electron chi connectivity index (χ0n) is 13.5. The summed E-state index contributed by atoms with van der Waals surface area (Å²) in [7, 11) is -2.88. The van der Waals surface area contributed by atoms with Crippen molar-refractivity contribution in [2.45, 2.75) is 24.2 Å². The number of hydrogen-bond donors (Lipinski definition) is 0. The first kappa shape index (κ1) is 16.7. The molecule has 134 valence electrons. The van der Waals surface area contributed by atoms with Crippen LogP contribution in [0.25, 0.3) is 0 Å². The molecule has 4 rings (SSSR count). The first-order chi connectivity index (χ1) is 12.1. The molecule has 0 radical (unpaired) electrons. The lowest BCUT2D eigenvalue weighted by Gasteiger charge is -2.25. The first-order valence-electron chi connectivity index (χ1n) is 8.11. The van der Waals surface area contributed by atoms with Gasteiger partial charge in [-0.1, -0.05) is 23.9 Å². The van der Waals surface area contributed by atoms with Crippen molar-refractivity contribution >= 4 is 21.6 Å². The van der Waals surface area contributed by atoms with Crippen molar-refractivity contribution in [1.29, 1.82) is 0 Å². The van der Waals surface area contributed by atoms with Gasteiger partial charge < -0.3 is 13.9 Å². The number of fused-ring (bicyclic) bond motifs is 1. The predicted molar refractivity (Wildman–Crippen MR) is 91.8 cm³/mol. The summed E-state index contributed by atoms with van der Waals surface area (Å²) in [6.45, 7) is 0.477. The number of nitrogens with zero attached hydrogens (tertiary/aromatic N) is 2. The van der Waals surface area contributed by atoms with Gasteiger partial charge in [0.25, 0.3) is 5.22 Å². The highest BCUT2D eigenvalue weighted by Crippen LogP contribution is 2.32. The SMILES string of the molecule is O=S1(=O)CCC(Cc2nnc(SCC3COc4ccccc4O3)o2)C1. The van der Waals surface area contributed by atoms with Crippen molar-refractivity contribution in [3.05, 3.63) is 30.2 Å². The van der Waals surface area contributed by atoms with Crippen molar-refractivity contribution in [3.63, 3.8) is 0 Å². The van der Waals surface area contributed by atoms with E-state index in [-0.39, 0.29) is 23.5 Å². The van der Waals surface area contributed by atoms with Crippen LogP contribution in [0.15, 0.2) is 33.9 Å². The Morgan fingerprint density at radius 1 is 1.20 bits per heavy atom. The van der Waals surface area contributed by atoms with Crippen molar-refractivity contribution in [2.24, 2.45) is 5.92 Å². The number of sulfone groups is 1. The van der Waals surface area contributed by atoms with Gasteiger partial charge in [0.15, 0.2) is 21.3 Å². The molecule has 2 aromatic rings. The number of para-hydroxylation sites is 2. The maximum Gasteiger partial charge on any atom is 0.276 e. The third-order valence-corrected chi connectivity index (χ3v) is 6.99. The highest BCUT2D eigenvalue weighted by Gasteiger charge is 2.29. The van der Waals surface area contributed by atoms with Crippen LogP contribution in [0.3, 0.4) is 0 Å². The molecule has 1 fully saturated rings. The third-order valence-electron chi connectivity index (χ3n) is 4.20. The summed E-state index contributed by atoms with van der Waals surface area (Å²) < 4.78 is 40.2. The normalized spacial score (nSPS) is 24.3. The van der Waals surface area contributed by atoms with Crippen LogP contribution in [0.4, 0.5) is 0 Å². The van der Waals surface area contributed by atoms with E-state index in [1.165, 1.54) is 11.8 Å². The molecule has 25 heavy (non-hydrogen) atoms. The predicted octanol–water partition coefficient (Wildman–Crippen LogP) is 1.98. The van der Waals surface area contributed by atoms with Gasteiger partial charge in [-0.3, -0.25) is 0 Å². The molecule has 2 atom stereocenters. The van der Waals surface area contributed by atoms with Gasteiger partial charge >= 0.3 is 0 Å². The number of aromatic nitrogens is 2. The number of hydrogen-bond acceptors (Lipinski definition) is 8. The summed E-state index contributed by atoms with van der Waals surface area (Å²) in [6.07, 6.45) is 1.10. The van der Waals surface area contributed by atoms with Gasteiger partial charge in [0.1, 0.15) is 12.7 Å². The Kier molecular flexibility index (Phi) is 4.60. The van der Waals surface area contributed by atoms with Crippen LogP contribution in [-0.2, 0) is 16.3 Å². The van der Waals surface area contributed by atoms with Gasteiger partial charge in [0, 0.05) is 12.2 Å². The number of ether oxygens (including phenoxy) is 2. The van der Waals surface area contributed by atoms with Crippen LogP contribution in [0.2, 0.25) is 0 Å². The van der Waals surface area contributed by atoms with Gasteiger partial charge in [-0.15, -0.1) is 10.2 Å². The molecule has 0 bridgehead atoms.